The van der Waals surface area contributed by atoms with Crippen LogP contribution in [0.4, 0.5) is 0 Å². The first-order valence-electron chi connectivity index (χ1n) is 9.84. The molecule has 5 aromatic rings. The number of benzene rings is 3. The Morgan fingerprint density at radius 3 is 2.06 bits per heavy atom. The van der Waals surface area contributed by atoms with E-state index in [4.69, 9.17) is 9.84 Å². The maximum Gasteiger partial charge on any atom is 0.185 e. The summed E-state index contributed by atoms with van der Waals surface area (Å²) in [4.78, 5) is 0.251. The molecule has 32 heavy (non-hydrogen) atoms. The van der Waals surface area contributed by atoms with Crippen LogP contribution in [0.1, 0.15) is 0 Å². The molecule has 0 saturated heterocycles. The predicted octanol–water partition coefficient (Wildman–Crippen LogP) is 4.65. The zero-order chi connectivity index (χ0) is 22.1. The molecular formula is C24H18N4O3S. The fraction of sp³-hybridized carbons (Fsp3) is 0.0417. The molecule has 0 atom stereocenters. The molecule has 7 nitrogen and oxygen atoms in total. The van der Waals surface area contributed by atoms with Gasteiger partial charge in [0, 0.05) is 17.4 Å². The highest BCUT2D eigenvalue weighted by molar-refractivity contribution is 7.90. The van der Waals surface area contributed by atoms with Crippen LogP contribution in [0.25, 0.3) is 28.3 Å². The van der Waals surface area contributed by atoms with Crippen LogP contribution < -0.4 is 4.74 Å². The fourth-order valence-electron chi connectivity index (χ4n) is 3.29. The minimum atomic E-state index is -3.27. The summed E-state index contributed by atoms with van der Waals surface area (Å²) in [7, 11) is -3.27. The summed E-state index contributed by atoms with van der Waals surface area (Å²) in [6.07, 6.45) is 1.18. The van der Waals surface area contributed by atoms with Gasteiger partial charge in [0.2, 0.25) is 0 Å². The van der Waals surface area contributed by atoms with Crippen LogP contribution in [0.2, 0.25) is 0 Å². The number of fused-ring (bicyclic) bond motifs is 1. The molecule has 3 aromatic carbocycles. The monoisotopic (exact) mass is 442 g/mol. The molecule has 0 saturated carbocycles. The number of nitrogens with zero attached hydrogens (tertiary/aromatic N) is 4. The summed E-state index contributed by atoms with van der Waals surface area (Å²) >= 11 is 0. The molecule has 0 aliphatic rings. The van der Waals surface area contributed by atoms with E-state index in [0.29, 0.717) is 11.5 Å². The number of sulfone groups is 1. The van der Waals surface area contributed by atoms with Gasteiger partial charge in [-0.05, 0) is 72.8 Å². The Labute approximate surface area is 184 Å². The molecule has 2 aromatic heterocycles. The van der Waals surface area contributed by atoms with Crippen molar-refractivity contribution in [3.05, 3.63) is 91.0 Å². The molecule has 0 N–H and O–H groups in total. The second kappa shape index (κ2) is 7.90. The zero-order valence-electron chi connectivity index (χ0n) is 17.1. The number of hydrogen-bond acceptors (Lipinski definition) is 6. The molecule has 0 amide bonds. The Kier molecular flexibility index (Phi) is 4.91. The van der Waals surface area contributed by atoms with E-state index in [1.807, 2.05) is 66.7 Å². The molecule has 8 heteroatoms. The SMILES string of the molecule is CS(=O)(=O)c1ccc(-c2nnc3ccc(-c4ccc(Oc5ccccc5)cc4)nn23)cc1. The van der Waals surface area contributed by atoms with E-state index in [1.165, 1.54) is 6.26 Å². The third-order valence-electron chi connectivity index (χ3n) is 4.93. The molecule has 5 rings (SSSR count). The summed E-state index contributed by atoms with van der Waals surface area (Å²) < 4.78 is 30.9. The number of aromatic nitrogens is 4. The van der Waals surface area contributed by atoms with Gasteiger partial charge in [0.15, 0.2) is 21.3 Å². The van der Waals surface area contributed by atoms with Crippen molar-refractivity contribution in [2.45, 2.75) is 4.90 Å². The van der Waals surface area contributed by atoms with Crippen molar-refractivity contribution in [1.29, 1.82) is 0 Å². The van der Waals surface area contributed by atoms with Gasteiger partial charge in [0.25, 0.3) is 0 Å². The van der Waals surface area contributed by atoms with Crippen molar-refractivity contribution in [2.24, 2.45) is 0 Å². The van der Waals surface area contributed by atoms with Crippen molar-refractivity contribution >= 4 is 15.5 Å². The van der Waals surface area contributed by atoms with Gasteiger partial charge in [-0.25, -0.2) is 8.42 Å². The minimum Gasteiger partial charge on any atom is -0.457 e. The topological polar surface area (TPSA) is 86.5 Å². The second-order valence-electron chi connectivity index (χ2n) is 7.25. The van der Waals surface area contributed by atoms with Gasteiger partial charge in [-0.3, -0.25) is 0 Å². The number of para-hydroxylation sites is 1. The number of hydrogen-bond donors (Lipinski definition) is 0. The Balaban J connectivity index is 1.46. The van der Waals surface area contributed by atoms with Crippen LogP contribution in [0, 0.1) is 0 Å². The lowest BCUT2D eigenvalue weighted by atomic mass is 10.1. The van der Waals surface area contributed by atoms with Crippen LogP contribution in [0.5, 0.6) is 11.5 Å². The molecule has 0 unspecified atom stereocenters. The van der Waals surface area contributed by atoms with Gasteiger partial charge in [0.05, 0.1) is 10.6 Å². The van der Waals surface area contributed by atoms with E-state index < -0.39 is 9.84 Å². The third kappa shape index (κ3) is 3.95. The average Bonchev–Trinajstić information content (AvgIpc) is 3.23. The van der Waals surface area contributed by atoms with Crippen molar-refractivity contribution < 1.29 is 13.2 Å². The standard InChI is InChI=1S/C24H18N4O3S/c1-32(29,30)21-13-9-18(10-14-21)24-26-25-23-16-15-22(27-28(23)24)17-7-11-20(12-8-17)31-19-5-3-2-4-6-19/h2-16H,1H3. The minimum absolute atomic E-state index is 0.251. The lowest BCUT2D eigenvalue weighted by molar-refractivity contribution is 0.483. The fourth-order valence-corrected chi connectivity index (χ4v) is 3.92. The van der Waals surface area contributed by atoms with Gasteiger partial charge >= 0.3 is 0 Å². The lowest BCUT2D eigenvalue weighted by Gasteiger charge is -2.07. The normalized spacial score (nSPS) is 11.5. The van der Waals surface area contributed by atoms with E-state index >= 15 is 0 Å². The number of rotatable bonds is 5. The summed E-state index contributed by atoms with van der Waals surface area (Å²) in [6, 6.07) is 27.5. The molecule has 0 bridgehead atoms. The maximum atomic E-state index is 11.7. The molecule has 0 aliphatic carbocycles. The summed E-state index contributed by atoms with van der Waals surface area (Å²) in [5.41, 5.74) is 2.98. The maximum absolute atomic E-state index is 11.7. The van der Waals surface area contributed by atoms with Gasteiger partial charge in [-0.1, -0.05) is 18.2 Å². The molecule has 0 radical (unpaired) electrons. The van der Waals surface area contributed by atoms with E-state index in [1.54, 1.807) is 28.8 Å². The highest BCUT2D eigenvalue weighted by Gasteiger charge is 2.13. The first-order chi connectivity index (χ1) is 15.5. The largest absolute Gasteiger partial charge is 0.457 e. The van der Waals surface area contributed by atoms with Crippen LogP contribution in [-0.4, -0.2) is 34.5 Å². The summed E-state index contributed by atoms with van der Waals surface area (Å²) in [5.74, 6) is 2.04. The molecule has 158 valence electrons. The molecular weight excluding hydrogens is 424 g/mol. The highest BCUT2D eigenvalue weighted by Crippen LogP contribution is 2.26. The van der Waals surface area contributed by atoms with E-state index in [2.05, 4.69) is 10.2 Å². The molecule has 2 heterocycles. The van der Waals surface area contributed by atoms with E-state index in [-0.39, 0.29) is 4.90 Å². The Morgan fingerprint density at radius 1 is 0.719 bits per heavy atom. The summed E-state index contributed by atoms with van der Waals surface area (Å²) in [5, 5.41) is 13.1. The Morgan fingerprint density at radius 2 is 1.38 bits per heavy atom. The van der Waals surface area contributed by atoms with Crippen molar-refractivity contribution in [2.75, 3.05) is 6.26 Å². The molecule has 0 fully saturated rings. The highest BCUT2D eigenvalue weighted by atomic mass is 32.2. The summed E-state index contributed by atoms with van der Waals surface area (Å²) in [6.45, 7) is 0. The second-order valence-corrected chi connectivity index (χ2v) is 9.26. The Hall–Kier alpha value is -4.04. The van der Waals surface area contributed by atoms with Crippen LogP contribution in [0.15, 0.2) is 95.9 Å². The zero-order valence-corrected chi connectivity index (χ0v) is 17.9. The first-order valence-corrected chi connectivity index (χ1v) is 11.7. The van der Waals surface area contributed by atoms with E-state index in [9.17, 15) is 8.42 Å². The smallest absolute Gasteiger partial charge is 0.185 e. The molecule has 0 spiro atoms. The number of ether oxygens (including phenoxy) is 1. The van der Waals surface area contributed by atoms with Crippen LogP contribution in [-0.2, 0) is 9.84 Å². The van der Waals surface area contributed by atoms with Crippen LogP contribution >= 0.6 is 0 Å². The van der Waals surface area contributed by atoms with E-state index in [0.717, 1.165) is 28.3 Å². The van der Waals surface area contributed by atoms with Gasteiger partial charge in [-0.15, -0.1) is 10.2 Å². The Bertz CT molecular complexity index is 1500. The van der Waals surface area contributed by atoms with Gasteiger partial charge in [0.1, 0.15) is 11.5 Å². The average molecular weight is 443 g/mol. The van der Waals surface area contributed by atoms with Gasteiger partial charge < -0.3 is 4.74 Å². The molecule has 0 aliphatic heterocycles. The predicted molar refractivity (Wildman–Crippen MR) is 121 cm³/mol. The van der Waals surface area contributed by atoms with Crippen LogP contribution in [0.3, 0.4) is 0 Å². The lowest BCUT2D eigenvalue weighted by Crippen LogP contribution is -1.99. The van der Waals surface area contributed by atoms with Crippen molar-refractivity contribution in [3.8, 4) is 34.1 Å². The first kappa shape index (κ1) is 19.9. The van der Waals surface area contributed by atoms with Crippen molar-refractivity contribution in [3.63, 3.8) is 0 Å². The quantitative estimate of drug-likeness (QED) is 0.394. The third-order valence-corrected chi connectivity index (χ3v) is 6.06. The van der Waals surface area contributed by atoms with Gasteiger partial charge in [-0.2, -0.15) is 9.61 Å². The van der Waals surface area contributed by atoms with Crippen molar-refractivity contribution in [1.82, 2.24) is 19.8 Å².